The summed E-state index contributed by atoms with van der Waals surface area (Å²) in [5, 5.41) is 25.7. The first-order valence-corrected chi connectivity index (χ1v) is 9.05. The van der Waals surface area contributed by atoms with Crippen LogP contribution in [0.3, 0.4) is 0 Å². The van der Waals surface area contributed by atoms with Gasteiger partial charge in [0.15, 0.2) is 11.4 Å². The molecule has 0 bridgehead atoms. The van der Waals surface area contributed by atoms with Crippen LogP contribution in [-0.4, -0.2) is 43.1 Å². The number of carboxylic acid groups (broad SMARTS) is 1. The number of anilines is 1. The number of nitrogens with one attached hydrogen (secondary N) is 1. The summed E-state index contributed by atoms with van der Waals surface area (Å²) in [5.41, 5.74) is -3.77. The number of halogens is 3. The third-order valence-electron chi connectivity index (χ3n) is 4.02. The van der Waals surface area contributed by atoms with Crippen LogP contribution in [0.4, 0.5) is 18.9 Å². The molecular formula is C19H25F3N4O4. The van der Waals surface area contributed by atoms with E-state index in [2.05, 4.69) is 15.4 Å². The van der Waals surface area contributed by atoms with Gasteiger partial charge in [0, 0.05) is 12.1 Å². The highest BCUT2D eigenvalue weighted by Crippen LogP contribution is 2.43. The molecule has 0 saturated heterocycles. The van der Waals surface area contributed by atoms with Gasteiger partial charge in [0.2, 0.25) is 5.88 Å². The molecule has 0 amide bonds. The van der Waals surface area contributed by atoms with E-state index in [0.29, 0.717) is 0 Å². The van der Waals surface area contributed by atoms with Crippen molar-refractivity contribution < 1.29 is 32.9 Å². The average Bonchev–Trinajstić information content (AvgIpc) is 2.88. The van der Waals surface area contributed by atoms with Crippen molar-refractivity contribution in [2.75, 3.05) is 11.9 Å². The van der Waals surface area contributed by atoms with Crippen molar-refractivity contribution in [1.29, 1.82) is 0 Å². The molecule has 0 saturated carbocycles. The topological polar surface area (TPSA) is 110 Å². The van der Waals surface area contributed by atoms with Crippen molar-refractivity contribution in [3.8, 4) is 11.6 Å². The van der Waals surface area contributed by atoms with E-state index in [1.807, 2.05) is 0 Å². The Kier molecular flexibility index (Phi) is 6.09. The first-order chi connectivity index (χ1) is 13.5. The van der Waals surface area contributed by atoms with Crippen LogP contribution < -0.4 is 10.1 Å². The van der Waals surface area contributed by atoms with Gasteiger partial charge in [-0.1, -0.05) is 0 Å². The lowest BCUT2D eigenvalue weighted by Gasteiger charge is -2.24. The molecule has 2 rings (SSSR count). The molecular weight excluding hydrogens is 405 g/mol. The zero-order valence-electron chi connectivity index (χ0n) is 17.5. The maximum atomic E-state index is 13.9. The smallest absolute Gasteiger partial charge is 0.422 e. The van der Waals surface area contributed by atoms with Crippen LogP contribution in [0.5, 0.6) is 11.6 Å². The molecule has 0 aliphatic carbocycles. The lowest BCUT2D eigenvalue weighted by molar-refractivity contribution is -0.138. The molecule has 2 aromatic heterocycles. The SMILES string of the molecule is Cc1c(C(=O)O)nn(C(C)(C)C)c1Oc1cncc(NCC(C)(C)O)c1C(F)(F)F. The van der Waals surface area contributed by atoms with Crippen LogP contribution in [0.25, 0.3) is 0 Å². The molecule has 0 unspecified atom stereocenters. The van der Waals surface area contributed by atoms with Crippen LogP contribution in [0.1, 0.15) is 56.2 Å². The number of carbonyl (C=O) groups is 1. The molecule has 166 valence electrons. The van der Waals surface area contributed by atoms with Crippen molar-refractivity contribution in [1.82, 2.24) is 14.8 Å². The predicted octanol–water partition coefficient (Wildman–Crippen LogP) is 4.03. The summed E-state index contributed by atoms with van der Waals surface area (Å²) in [7, 11) is 0. The molecule has 0 spiro atoms. The minimum atomic E-state index is -4.81. The van der Waals surface area contributed by atoms with Gasteiger partial charge in [0.25, 0.3) is 0 Å². The van der Waals surface area contributed by atoms with Gasteiger partial charge in [-0.05, 0) is 41.5 Å². The Morgan fingerprint density at radius 2 is 1.80 bits per heavy atom. The second kappa shape index (κ2) is 7.78. The molecule has 2 aromatic rings. The number of hydrogen-bond acceptors (Lipinski definition) is 6. The third kappa shape index (κ3) is 5.21. The molecule has 0 radical (unpaired) electrons. The van der Waals surface area contributed by atoms with E-state index in [-0.39, 0.29) is 29.4 Å². The monoisotopic (exact) mass is 430 g/mol. The van der Waals surface area contributed by atoms with Crippen molar-refractivity contribution in [2.45, 2.75) is 58.9 Å². The van der Waals surface area contributed by atoms with E-state index < -0.39 is 34.6 Å². The minimum Gasteiger partial charge on any atom is -0.476 e. The van der Waals surface area contributed by atoms with Gasteiger partial charge in [-0.3, -0.25) is 4.98 Å². The molecule has 8 nitrogen and oxygen atoms in total. The van der Waals surface area contributed by atoms with Gasteiger partial charge < -0.3 is 20.3 Å². The predicted molar refractivity (Wildman–Crippen MR) is 103 cm³/mol. The van der Waals surface area contributed by atoms with Crippen molar-refractivity contribution >= 4 is 11.7 Å². The molecule has 2 heterocycles. The largest absolute Gasteiger partial charge is 0.476 e. The molecule has 3 N–H and O–H groups in total. The normalized spacial score (nSPS) is 12.7. The fraction of sp³-hybridized carbons (Fsp3) is 0.526. The Balaban J connectivity index is 2.63. The van der Waals surface area contributed by atoms with Crippen LogP contribution in [0.2, 0.25) is 0 Å². The number of pyridine rings is 1. The van der Waals surface area contributed by atoms with Gasteiger partial charge in [0.05, 0.1) is 29.2 Å². The summed E-state index contributed by atoms with van der Waals surface area (Å²) in [6.45, 7) is 9.26. The fourth-order valence-electron chi connectivity index (χ4n) is 2.62. The van der Waals surface area contributed by atoms with Crippen molar-refractivity contribution in [3.63, 3.8) is 0 Å². The second-order valence-corrected chi connectivity index (χ2v) is 8.49. The molecule has 11 heteroatoms. The first-order valence-electron chi connectivity index (χ1n) is 9.05. The number of aromatic carboxylic acids is 1. The first kappa shape index (κ1) is 23.5. The van der Waals surface area contributed by atoms with Gasteiger partial charge >= 0.3 is 12.1 Å². The van der Waals surface area contributed by atoms with Gasteiger partial charge in [-0.2, -0.15) is 18.3 Å². The Labute approximate surface area is 171 Å². The number of aliphatic hydroxyl groups is 1. The summed E-state index contributed by atoms with van der Waals surface area (Å²) < 4.78 is 48.4. The zero-order valence-corrected chi connectivity index (χ0v) is 17.5. The van der Waals surface area contributed by atoms with Gasteiger partial charge in [-0.15, -0.1) is 0 Å². The Bertz CT molecular complexity index is 941. The van der Waals surface area contributed by atoms with Crippen LogP contribution >= 0.6 is 0 Å². The van der Waals surface area contributed by atoms with E-state index in [1.165, 1.54) is 25.5 Å². The molecule has 0 aromatic carbocycles. The van der Waals surface area contributed by atoms with Gasteiger partial charge in [-0.25, -0.2) is 9.48 Å². The highest BCUT2D eigenvalue weighted by Gasteiger charge is 2.39. The maximum Gasteiger partial charge on any atom is 0.422 e. The lowest BCUT2D eigenvalue weighted by atomic mass is 10.1. The molecule has 0 fully saturated rings. The summed E-state index contributed by atoms with van der Waals surface area (Å²) in [6, 6.07) is 0. The zero-order chi connectivity index (χ0) is 23.1. The Morgan fingerprint density at radius 1 is 1.20 bits per heavy atom. The van der Waals surface area contributed by atoms with Crippen LogP contribution in [-0.2, 0) is 11.7 Å². The summed E-state index contributed by atoms with van der Waals surface area (Å²) in [5.74, 6) is -2.07. The number of hydrogen-bond donors (Lipinski definition) is 3. The second-order valence-electron chi connectivity index (χ2n) is 8.49. The van der Waals surface area contributed by atoms with Crippen molar-refractivity contribution in [2.24, 2.45) is 0 Å². The fourth-order valence-corrected chi connectivity index (χ4v) is 2.62. The summed E-state index contributed by atoms with van der Waals surface area (Å²) >= 11 is 0. The van der Waals surface area contributed by atoms with E-state index in [4.69, 9.17) is 4.74 Å². The number of ether oxygens (including phenoxy) is 1. The Hall–Kier alpha value is -2.82. The number of alkyl halides is 3. The van der Waals surface area contributed by atoms with E-state index in [0.717, 1.165) is 12.4 Å². The van der Waals surface area contributed by atoms with E-state index >= 15 is 0 Å². The van der Waals surface area contributed by atoms with E-state index in [9.17, 15) is 28.2 Å². The van der Waals surface area contributed by atoms with Gasteiger partial charge in [0.1, 0.15) is 5.56 Å². The molecule has 0 aliphatic rings. The van der Waals surface area contributed by atoms with Crippen LogP contribution in [0, 0.1) is 6.92 Å². The lowest BCUT2D eigenvalue weighted by Crippen LogP contribution is -2.30. The number of carboxylic acids is 1. The maximum absolute atomic E-state index is 13.9. The molecule has 0 aliphatic heterocycles. The van der Waals surface area contributed by atoms with Crippen molar-refractivity contribution in [3.05, 3.63) is 29.2 Å². The number of rotatable bonds is 6. The number of aromatic nitrogens is 3. The minimum absolute atomic E-state index is 0.0837. The third-order valence-corrected chi connectivity index (χ3v) is 4.02. The highest BCUT2D eigenvalue weighted by molar-refractivity contribution is 5.87. The highest BCUT2D eigenvalue weighted by atomic mass is 19.4. The Morgan fingerprint density at radius 3 is 2.27 bits per heavy atom. The van der Waals surface area contributed by atoms with E-state index in [1.54, 1.807) is 20.8 Å². The summed E-state index contributed by atoms with van der Waals surface area (Å²) in [6.07, 6.45) is -2.92. The van der Waals surface area contributed by atoms with Crippen LogP contribution in [0.15, 0.2) is 12.4 Å². The standard InChI is InChI=1S/C19H25F3N4O4/c1-10-14(16(27)28)25-26(17(2,3)4)15(10)30-12-8-23-7-11(13(12)19(20,21)22)24-9-18(5,6)29/h7-8,24,29H,9H2,1-6H3,(H,27,28). The quantitative estimate of drug-likeness (QED) is 0.635. The average molecular weight is 430 g/mol. The molecule has 30 heavy (non-hydrogen) atoms. The summed E-state index contributed by atoms with van der Waals surface area (Å²) in [4.78, 5) is 15.3. The number of nitrogens with zero attached hydrogens (tertiary/aromatic N) is 3. The molecule has 0 atom stereocenters.